The molecule has 0 aliphatic rings. The summed E-state index contributed by atoms with van der Waals surface area (Å²) >= 11 is 0. The summed E-state index contributed by atoms with van der Waals surface area (Å²) in [5.74, 6) is 0.805. The molecule has 0 bridgehead atoms. The van der Waals surface area contributed by atoms with Crippen molar-refractivity contribution in [3.05, 3.63) is 36.1 Å². The zero-order valence-electron chi connectivity index (χ0n) is 12.8. The van der Waals surface area contributed by atoms with E-state index in [1.54, 1.807) is 13.2 Å². The van der Waals surface area contributed by atoms with Gasteiger partial charge in [-0.25, -0.2) is 4.98 Å². The predicted octanol–water partition coefficient (Wildman–Crippen LogP) is 3.52. The number of methoxy groups -OCH3 is 1. The first-order chi connectivity index (χ1) is 10.6. The van der Waals surface area contributed by atoms with Crippen molar-refractivity contribution in [2.75, 3.05) is 7.11 Å². The molecule has 5 heteroatoms. The van der Waals surface area contributed by atoms with Gasteiger partial charge in [-0.2, -0.15) is 0 Å². The van der Waals surface area contributed by atoms with Crippen LogP contribution in [0.3, 0.4) is 0 Å². The number of hydrogen-bond donors (Lipinski definition) is 1. The predicted molar refractivity (Wildman–Crippen MR) is 85.3 cm³/mol. The van der Waals surface area contributed by atoms with E-state index >= 15 is 0 Å². The van der Waals surface area contributed by atoms with Crippen LogP contribution in [0.25, 0.3) is 22.0 Å². The molecule has 0 radical (unpaired) electrons. The van der Waals surface area contributed by atoms with Gasteiger partial charge in [0.25, 0.3) is 5.91 Å². The van der Waals surface area contributed by atoms with Crippen LogP contribution in [0.2, 0.25) is 0 Å². The first-order valence-corrected chi connectivity index (χ1v) is 7.30. The zero-order valence-corrected chi connectivity index (χ0v) is 12.8. The highest BCUT2D eigenvalue weighted by atomic mass is 16.5. The number of ether oxygens (including phenoxy) is 1. The van der Waals surface area contributed by atoms with Crippen LogP contribution in [0.1, 0.15) is 30.8 Å². The number of aromatic nitrogens is 1. The molecule has 5 nitrogen and oxygen atoms in total. The molecule has 3 aromatic rings. The minimum absolute atomic E-state index is 0.108. The van der Waals surface area contributed by atoms with Gasteiger partial charge in [0.2, 0.25) is 5.71 Å². The number of fused-ring (bicyclic) bond motifs is 2. The molecule has 1 atom stereocenters. The second-order valence-electron chi connectivity index (χ2n) is 5.33. The van der Waals surface area contributed by atoms with Gasteiger partial charge in [-0.05, 0) is 37.6 Å². The Balaban J connectivity index is 2.02. The average molecular weight is 298 g/mol. The van der Waals surface area contributed by atoms with Crippen LogP contribution < -0.4 is 10.1 Å². The molecule has 0 saturated heterocycles. The molecule has 2 heterocycles. The summed E-state index contributed by atoms with van der Waals surface area (Å²) in [6.45, 7) is 3.98. The maximum Gasteiger partial charge on any atom is 0.287 e. The van der Waals surface area contributed by atoms with Crippen LogP contribution in [-0.4, -0.2) is 24.0 Å². The summed E-state index contributed by atoms with van der Waals surface area (Å²) in [4.78, 5) is 16.6. The second kappa shape index (κ2) is 5.67. The Morgan fingerprint density at radius 1 is 1.32 bits per heavy atom. The minimum atomic E-state index is -0.214. The van der Waals surface area contributed by atoms with Gasteiger partial charge in [-0.3, -0.25) is 4.79 Å². The van der Waals surface area contributed by atoms with Crippen molar-refractivity contribution in [2.45, 2.75) is 26.3 Å². The van der Waals surface area contributed by atoms with E-state index in [2.05, 4.69) is 10.3 Å². The number of pyridine rings is 1. The van der Waals surface area contributed by atoms with Crippen molar-refractivity contribution < 1.29 is 13.9 Å². The van der Waals surface area contributed by atoms with Gasteiger partial charge in [-0.1, -0.05) is 6.92 Å². The highest BCUT2D eigenvalue weighted by molar-refractivity contribution is 5.98. The molecule has 1 N–H and O–H groups in total. The lowest BCUT2D eigenvalue weighted by molar-refractivity contribution is 0.0913. The molecule has 3 rings (SSSR count). The maximum atomic E-state index is 12.1. The summed E-state index contributed by atoms with van der Waals surface area (Å²) in [5.41, 5.74) is 1.23. The number of hydrogen-bond acceptors (Lipinski definition) is 4. The molecule has 1 aromatic carbocycles. The Kier molecular flexibility index (Phi) is 3.71. The van der Waals surface area contributed by atoms with Crippen molar-refractivity contribution in [3.8, 4) is 5.75 Å². The molecular weight excluding hydrogens is 280 g/mol. The van der Waals surface area contributed by atoms with Crippen molar-refractivity contribution in [2.24, 2.45) is 0 Å². The Bertz CT molecular complexity index is 838. The van der Waals surface area contributed by atoms with E-state index in [0.717, 1.165) is 28.5 Å². The quantitative estimate of drug-likeness (QED) is 0.800. The fraction of sp³-hybridized carbons (Fsp3) is 0.294. The van der Waals surface area contributed by atoms with Gasteiger partial charge in [-0.15, -0.1) is 0 Å². The van der Waals surface area contributed by atoms with Crippen molar-refractivity contribution in [1.29, 1.82) is 0 Å². The molecule has 114 valence electrons. The molecule has 0 spiro atoms. The number of amides is 1. The van der Waals surface area contributed by atoms with Crippen molar-refractivity contribution in [1.82, 2.24) is 10.3 Å². The van der Waals surface area contributed by atoms with Crippen LogP contribution in [0.4, 0.5) is 0 Å². The molecule has 0 unspecified atom stereocenters. The topological polar surface area (TPSA) is 64.4 Å². The fourth-order valence-electron chi connectivity index (χ4n) is 2.24. The molecular formula is C17H18N2O3. The van der Waals surface area contributed by atoms with Crippen LogP contribution in [0, 0.1) is 0 Å². The summed E-state index contributed by atoms with van der Waals surface area (Å²) in [6, 6.07) is 9.46. The van der Waals surface area contributed by atoms with Crippen LogP contribution >= 0.6 is 0 Å². The van der Waals surface area contributed by atoms with Crippen LogP contribution in [0.5, 0.6) is 5.75 Å². The third kappa shape index (κ3) is 2.62. The summed E-state index contributed by atoms with van der Waals surface area (Å²) in [7, 11) is 1.62. The molecule has 0 saturated carbocycles. The zero-order chi connectivity index (χ0) is 15.7. The van der Waals surface area contributed by atoms with Gasteiger partial charge in [0, 0.05) is 22.9 Å². The lowest BCUT2D eigenvalue weighted by Crippen LogP contribution is -2.31. The van der Waals surface area contributed by atoms with E-state index in [4.69, 9.17) is 9.15 Å². The molecule has 2 aromatic heterocycles. The molecule has 0 aliphatic heterocycles. The molecule has 22 heavy (non-hydrogen) atoms. The van der Waals surface area contributed by atoms with E-state index in [1.807, 2.05) is 38.1 Å². The summed E-state index contributed by atoms with van der Waals surface area (Å²) < 4.78 is 10.8. The Morgan fingerprint density at radius 2 is 2.14 bits per heavy atom. The molecule has 1 amide bonds. The molecule has 0 aliphatic carbocycles. The lowest BCUT2D eigenvalue weighted by Gasteiger charge is -2.08. The SMILES string of the molecule is CC[C@@H](C)NC(=O)c1cc2cc3ccc(OC)cc3nc2o1. The smallest absolute Gasteiger partial charge is 0.287 e. The van der Waals surface area contributed by atoms with Gasteiger partial charge in [0.05, 0.1) is 12.6 Å². The fourth-order valence-corrected chi connectivity index (χ4v) is 2.24. The highest BCUT2D eigenvalue weighted by Crippen LogP contribution is 2.25. The first-order valence-electron chi connectivity index (χ1n) is 7.30. The standard InChI is InChI=1S/C17H18N2O3/c1-4-10(2)18-16(20)15-8-12-7-11-5-6-13(21-3)9-14(11)19-17(12)22-15/h5-10H,4H2,1-3H3,(H,18,20)/t10-/m1/s1. The van der Waals surface area contributed by atoms with Gasteiger partial charge < -0.3 is 14.5 Å². The number of furan rings is 1. The Labute approximate surface area is 128 Å². The summed E-state index contributed by atoms with van der Waals surface area (Å²) in [5, 5.41) is 4.67. The number of carbonyl (C=O) groups excluding carboxylic acids is 1. The van der Waals surface area contributed by atoms with Crippen LogP contribution in [-0.2, 0) is 0 Å². The number of nitrogens with one attached hydrogen (secondary N) is 1. The maximum absolute atomic E-state index is 12.1. The highest BCUT2D eigenvalue weighted by Gasteiger charge is 2.15. The van der Waals surface area contributed by atoms with E-state index in [0.29, 0.717) is 5.71 Å². The summed E-state index contributed by atoms with van der Waals surface area (Å²) in [6.07, 6.45) is 0.869. The number of nitrogens with zero attached hydrogens (tertiary/aromatic N) is 1. The van der Waals surface area contributed by atoms with E-state index < -0.39 is 0 Å². The van der Waals surface area contributed by atoms with E-state index in [-0.39, 0.29) is 17.7 Å². The normalized spacial score (nSPS) is 12.5. The largest absolute Gasteiger partial charge is 0.497 e. The van der Waals surface area contributed by atoms with Crippen LogP contribution in [0.15, 0.2) is 34.7 Å². The lowest BCUT2D eigenvalue weighted by atomic mass is 10.2. The van der Waals surface area contributed by atoms with Gasteiger partial charge in [0.15, 0.2) is 5.76 Å². The third-order valence-corrected chi connectivity index (χ3v) is 3.72. The number of rotatable bonds is 4. The van der Waals surface area contributed by atoms with Gasteiger partial charge >= 0.3 is 0 Å². The van der Waals surface area contributed by atoms with E-state index in [1.165, 1.54) is 0 Å². The monoisotopic (exact) mass is 298 g/mol. The number of carbonyl (C=O) groups is 1. The van der Waals surface area contributed by atoms with E-state index in [9.17, 15) is 4.79 Å². The number of benzene rings is 1. The molecule has 0 fully saturated rings. The van der Waals surface area contributed by atoms with Gasteiger partial charge in [0.1, 0.15) is 5.75 Å². The Hall–Kier alpha value is -2.56. The third-order valence-electron chi connectivity index (χ3n) is 3.72. The first kappa shape index (κ1) is 14.4. The van der Waals surface area contributed by atoms with Crippen molar-refractivity contribution >= 4 is 27.9 Å². The second-order valence-corrected chi connectivity index (χ2v) is 5.33. The minimum Gasteiger partial charge on any atom is -0.497 e. The Morgan fingerprint density at radius 3 is 2.86 bits per heavy atom. The van der Waals surface area contributed by atoms with Crippen molar-refractivity contribution in [3.63, 3.8) is 0 Å². The average Bonchev–Trinajstić information content (AvgIpc) is 2.94.